The smallest absolute Gasteiger partial charge is 0.163 e. The minimum Gasteiger partial charge on any atom is -0.508 e. The highest BCUT2D eigenvalue weighted by Gasteiger charge is 2.11. The average Bonchev–Trinajstić information content (AvgIpc) is 2.10. The summed E-state index contributed by atoms with van der Waals surface area (Å²) in [5, 5.41) is 18.9. The van der Waals surface area contributed by atoms with Gasteiger partial charge in [-0.25, -0.2) is 0 Å². The number of allylic oxidation sites excluding steroid dienone is 1. The predicted octanol–water partition coefficient (Wildman–Crippen LogP) is 2.03. The number of phenolic OH excluding ortho intramolecular Hbond substituents is 2. The molecule has 0 aliphatic carbocycles. The van der Waals surface area contributed by atoms with Crippen molar-refractivity contribution >= 4 is 5.78 Å². The number of benzene rings is 1. The molecule has 1 aromatic carbocycles. The Bertz CT molecular complexity index is 380. The molecule has 74 valence electrons. The summed E-state index contributed by atoms with van der Waals surface area (Å²) in [6.45, 7) is 4.86. The average molecular weight is 192 g/mol. The number of rotatable bonds is 3. The second kappa shape index (κ2) is 3.96. The normalized spacial score (nSPS) is 9.79. The fraction of sp³-hybridized carbons (Fsp3) is 0.182. The first kappa shape index (κ1) is 10.3. The van der Waals surface area contributed by atoms with Crippen LogP contribution in [0.4, 0.5) is 0 Å². The van der Waals surface area contributed by atoms with E-state index in [4.69, 9.17) is 0 Å². The molecule has 3 heteroatoms. The third-order valence-electron chi connectivity index (χ3n) is 1.92. The van der Waals surface area contributed by atoms with E-state index in [1.807, 2.05) is 0 Å². The van der Waals surface area contributed by atoms with Gasteiger partial charge in [-0.3, -0.25) is 4.79 Å². The zero-order chi connectivity index (χ0) is 10.7. The summed E-state index contributed by atoms with van der Waals surface area (Å²) in [5.74, 6) is -0.372. The van der Waals surface area contributed by atoms with Crippen molar-refractivity contribution in [3.05, 3.63) is 35.9 Å². The largest absolute Gasteiger partial charge is 0.508 e. The van der Waals surface area contributed by atoms with E-state index in [0.717, 1.165) is 0 Å². The number of carbonyl (C=O) groups is 1. The van der Waals surface area contributed by atoms with Gasteiger partial charge < -0.3 is 10.2 Å². The molecule has 0 radical (unpaired) electrons. The summed E-state index contributed by atoms with van der Waals surface area (Å²) >= 11 is 0. The first-order chi connectivity index (χ1) is 6.56. The molecule has 0 amide bonds. The van der Waals surface area contributed by atoms with E-state index in [-0.39, 0.29) is 22.8 Å². The number of carbonyl (C=O) groups excluding carboxylic acids is 1. The lowest BCUT2D eigenvalue weighted by atomic mass is 10.0. The van der Waals surface area contributed by atoms with Crippen molar-refractivity contribution in [3.63, 3.8) is 0 Å². The standard InChI is InChI=1S/C11H12O3/c1-3-4-8-5-9(13)6-10(7(2)12)11(8)14/h3,5-6,13-14H,1,4H2,2H3. The molecule has 0 unspecified atom stereocenters. The maximum absolute atomic E-state index is 11.1. The van der Waals surface area contributed by atoms with Crippen molar-refractivity contribution in [1.29, 1.82) is 0 Å². The summed E-state index contributed by atoms with van der Waals surface area (Å²) in [6.07, 6.45) is 2.01. The van der Waals surface area contributed by atoms with Crippen LogP contribution in [-0.4, -0.2) is 16.0 Å². The molecule has 0 aliphatic rings. The van der Waals surface area contributed by atoms with Crippen LogP contribution in [0.25, 0.3) is 0 Å². The van der Waals surface area contributed by atoms with E-state index in [1.54, 1.807) is 6.08 Å². The van der Waals surface area contributed by atoms with Gasteiger partial charge in [0.25, 0.3) is 0 Å². The van der Waals surface area contributed by atoms with E-state index in [2.05, 4.69) is 6.58 Å². The lowest BCUT2D eigenvalue weighted by Gasteiger charge is -2.06. The Labute approximate surface area is 82.3 Å². The van der Waals surface area contributed by atoms with Crippen LogP contribution in [0.1, 0.15) is 22.8 Å². The van der Waals surface area contributed by atoms with E-state index >= 15 is 0 Å². The van der Waals surface area contributed by atoms with Gasteiger partial charge in [-0.15, -0.1) is 6.58 Å². The molecular weight excluding hydrogens is 180 g/mol. The first-order valence-corrected chi connectivity index (χ1v) is 4.23. The van der Waals surface area contributed by atoms with Crippen LogP contribution in [0.5, 0.6) is 11.5 Å². The topological polar surface area (TPSA) is 57.5 Å². The van der Waals surface area contributed by atoms with E-state index in [1.165, 1.54) is 19.1 Å². The molecule has 0 saturated carbocycles. The Balaban J connectivity index is 3.31. The Morgan fingerprint density at radius 2 is 2.14 bits per heavy atom. The molecule has 0 spiro atoms. The lowest BCUT2D eigenvalue weighted by molar-refractivity contribution is 0.101. The van der Waals surface area contributed by atoms with Gasteiger partial charge in [-0.2, -0.15) is 0 Å². The second-order valence-electron chi connectivity index (χ2n) is 3.05. The zero-order valence-electron chi connectivity index (χ0n) is 7.95. The van der Waals surface area contributed by atoms with Crippen molar-refractivity contribution in [1.82, 2.24) is 0 Å². The first-order valence-electron chi connectivity index (χ1n) is 4.23. The molecule has 0 bridgehead atoms. The minimum absolute atomic E-state index is 0.0233. The molecule has 0 heterocycles. The highest BCUT2D eigenvalue weighted by molar-refractivity contribution is 5.97. The summed E-state index contributed by atoms with van der Waals surface area (Å²) in [4.78, 5) is 11.1. The molecule has 0 saturated heterocycles. The molecular formula is C11H12O3. The molecule has 3 nitrogen and oxygen atoms in total. The van der Waals surface area contributed by atoms with E-state index < -0.39 is 0 Å². The summed E-state index contributed by atoms with van der Waals surface area (Å²) < 4.78 is 0. The molecule has 0 fully saturated rings. The number of aromatic hydroxyl groups is 2. The molecule has 2 N–H and O–H groups in total. The van der Waals surface area contributed by atoms with Crippen molar-refractivity contribution in [2.24, 2.45) is 0 Å². The van der Waals surface area contributed by atoms with Crippen LogP contribution in [-0.2, 0) is 6.42 Å². The Morgan fingerprint density at radius 1 is 1.50 bits per heavy atom. The van der Waals surface area contributed by atoms with Crippen LogP contribution >= 0.6 is 0 Å². The van der Waals surface area contributed by atoms with Gasteiger partial charge in [-0.1, -0.05) is 6.08 Å². The Kier molecular flexibility index (Phi) is 2.92. The quantitative estimate of drug-likeness (QED) is 0.437. The zero-order valence-corrected chi connectivity index (χ0v) is 7.95. The van der Waals surface area contributed by atoms with Gasteiger partial charge in [0.1, 0.15) is 11.5 Å². The maximum Gasteiger partial charge on any atom is 0.163 e. The van der Waals surface area contributed by atoms with Crippen LogP contribution in [0.3, 0.4) is 0 Å². The summed E-state index contributed by atoms with van der Waals surface area (Å²) in [7, 11) is 0. The summed E-state index contributed by atoms with van der Waals surface area (Å²) in [6, 6.07) is 2.67. The number of phenols is 2. The highest BCUT2D eigenvalue weighted by atomic mass is 16.3. The molecule has 0 atom stereocenters. The van der Waals surface area contributed by atoms with Crippen molar-refractivity contribution < 1.29 is 15.0 Å². The maximum atomic E-state index is 11.1. The molecule has 1 rings (SSSR count). The molecule has 0 aromatic heterocycles. The Morgan fingerprint density at radius 3 is 2.64 bits per heavy atom. The van der Waals surface area contributed by atoms with Gasteiger partial charge >= 0.3 is 0 Å². The van der Waals surface area contributed by atoms with Gasteiger partial charge in [0.05, 0.1) is 5.56 Å². The summed E-state index contributed by atoms with van der Waals surface area (Å²) in [5.41, 5.74) is 0.645. The number of ketones is 1. The van der Waals surface area contributed by atoms with Crippen LogP contribution < -0.4 is 0 Å². The van der Waals surface area contributed by atoms with Gasteiger partial charge in [-0.05, 0) is 25.5 Å². The van der Waals surface area contributed by atoms with Crippen molar-refractivity contribution in [2.75, 3.05) is 0 Å². The van der Waals surface area contributed by atoms with E-state index in [0.29, 0.717) is 12.0 Å². The fourth-order valence-corrected chi connectivity index (χ4v) is 1.26. The van der Waals surface area contributed by atoms with Crippen LogP contribution in [0, 0.1) is 0 Å². The highest BCUT2D eigenvalue weighted by Crippen LogP contribution is 2.28. The van der Waals surface area contributed by atoms with Gasteiger partial charge in [0.15, 0.2) is 5.78 Å². The molecule has 14 heavy (non-hydrogen) atoms. The number of hydrogen-bond acceptors (Lipinski definition) is 3. The van der Waals surface area contributed by atoms with Gasteiger partial charge in [0.2, 0.25) is 0 Å². The fourth-order valence-electron chi connectivity index (χ4n) is 1.26. The molecule has 1 aromatic rings. The third-order valence-corrected chi connectivity index (χ3v) is 1.92. The third kappa shape index (κ3) is 1.93. The SMILES string of the molecule is C=CCc1cc(O)cc(C(C)=O)c1O. The monoisotopic (exact) mass is 192 g/mol. The van der Waals surface area contributed by atoms with Gasteiger partial charge in [0, 0.05) is 5.56 Å². The number of Topliss-reactive ketones (excluding diaryl/α,β-unsaturated/α-hetero) is 1. The van der Waals surface area contributed by atoms with Crippen molar-refractivity contribution in [2.45, 2.75) is 13.3 Å². The van der Waals surface area contributed by atoms with Crippen molar-refractivity contribution in [3.8, 4) is 11.5 Å². The van der Waals surface area contributed by atoms with Crippen LogP contribution in [0.15, 0.2) is 24.8 Å². The minimum atomic E-state index is -0.274. The number of hydrogen-bond donors (Lipinski definition) is 2. The lowest BCUT2D eigenvalue weighted by Crippen LogP contribution is -1.95. The second-order valence-corrected chi connectivity index (χ2v) is 3.05. The van der Waals surface area contributed by atoms with Crippen LogP contribution in [0.2, 0.25) is 0 Å². The Hall–Kier alpha value is -1.77. The molecule has 0 aliphatic heterocycles. The van der Waals surface area contributed by atoms with E-state index in [9.17, 15) is 15.0 Å². The predicted molar refractivity (Wildman–Crippen MR) is 53.7 cm³/mol.